The van der Waals surface area contributed by atoms with Crippen LogP contribution in [0.5, 0.6) is 0 Å². The van der Waals surface area contributed by atoms with Crippen LogP contribution in [-0.2, 0) is 13.1 Å². The first kappa shape index (κ1) is 19.7. The minimum atomic E-state index is 0.114. The molecule has 29 heavy (non-hydrogen) atoms. The van der Waals surface area contributed by atoms with Gasteiger partial charge in [-0.15, -0.1) is 0 Å². The van der Waals surface area contributed by atoms with E-state index in [1.807, 2.05) is 29.2 Å². The van der Waals surface area contributed by atoms with E-state index in [0.717, 1.165) is 47.5 Å². The van der Waals surface area contributed by atoms with Gasteiger partial charge in [0, 0.05) is 30.9 Å². The molecular weight excluding hydrogens is 358 g/mol. The molecule has 1 fully saturated rings. The highest BCUT2D eigenvalue weighted by Crippen LogP contribution is 2.27. The van der Waals surface area contributed by atoms with Crippen LogP contribution in [0.1, 0.15) is 52.7 Å². The molecule has 0 aromatic heterocycles. The lowest BCUT2D eigenvalue weighted by Gasteiger charge is -2.26. The van der Waals surface area contributed by atoms with E-state index in [2.05, 4.69) is 41.1 Å². The number of piperidine rings is 1. The van der Waals surface area contributed by atoms with Gasteiger partial charge in [-0.3, -0.25) is 4.79 Å². The molecule has 4 rings (SSSR count). The van der Waals surface area contributed by atoms with Crippen LogP contribution in [0.4, 0.5) is 0 Å². The molecule has 0 spiro atoms. The molecule has 0 aliphatic carbocycles. The molecule has 2 aromatic rings. The number of rotatable bonds is 8. The second-order valence-corrected chi connectivity index (χ2v) is 8.18. The van der Waals surface area contributed by atoms with E-state index < -0.39 is 0 Å². The quantitative estimate of drug-likeness (QED) is 0.685. The second kappa shape index (κ2) is 9.27. The third kappa shape index (κ3) is 4.88. The van der Waals surface area contributed by atoms with Crippen molar-refractivity contribution < 1.29 is 4.79 Å². The predicted octanol–water partition coefficient (Wildman–Crippen LogP) is 4.28. The number of likely N-dealkylation sites (tertiary alicyclic amines) is 1. The number of fused-ring (bicyclic) bond motifs is 1. The summed E-state index contributed by atoms with van der Waals surface area (Å²) in [6, 6.07) is 16.3. The molecule has 0 atom stereocenters. The first-order valence-electron chi connectivity index (χ1n) is 10.8. The van der Waals surface area contributed by atoms with Crippen molar-refractivity contribution in [2.75, 3.05) is 26.2 Å². The molecule has 4 heteroatoms. The van der Waals surface area contributed by atoms with E-state index in [0.29, 0.717) is 13.1 Å². The minimum absolute atomic E-state index is 0.114. The predicted molar refractivity (Wildman–Crippen MR) is 118 cm³/mol. The van der Waals surface area contributed by atoms with Gasteiger partial charge in [-0.2, -0.15) is 0 Å². The average Bonchev–Trinajstić information content (AvgIpc) is 3.07. The number of amides is 1. The first-order valence-corrected chi connectivity index (χ1v) is 10.8. The van der Waals surface area contributed by atoms with Gasteiger partial charge in [0.2, 0.25) is 0 Å². The number of hydrogen-bond donors (Lipinski definition) is 1. The summed E-state index contributed by atoms with van der Waals surface area (Å²) in [6.45, 7) is 10.1. The fourth-order valence-electron chi connectivity index (χ4n) is 4.31. The molecule has 1 amide bonds. The summed E-state index contributed by atoms with van der Waals surface area (Å²) in [4.78, 5) is 17.4. The molecule has 0 saturated carbocycles. The normalized spacial score (nSPS) is 16.7. The van der Waals surface area contributed by atoms with Gasteiger partial charge in [0.1, 0.15) is 0 Å². The molecule has 1 saturated heterocycles. The Morgan fingerprint density at radius 1 is 1.03 bits per heavy atom. The molecule has 0 bridgehead atoms. The summed E-state index contributed by atoms with van der Waals surface area (Å²) in [5.41, 5.74) is 4.99. The van der Waals surface area contributed by atoms with Crippen molar-refractivity contribution >= 4 is 11.6 Å². The Balaban J connectivity index is 1.30. The number of nitrogens with zero attached hydrogens (tertiary/aromatic N) is 2. The van der Waals surface area contributed by atoms with Gasteiger partial charge in [-0.25, -0.2) is 0 Å². The van der Waals surface area contributed by atoms with Crippen LogP contribution in [-0.4, -0.2) is 41.9 Å². The zero-order valence-corrected chi connectivity index (χ0v) is 17.2. The van der Waals surface area contributed by atoms with Crippen LogP contribution in [0.15, 0.2) is 55.1 Å². The summed E-state index contributed by atoms with van der Waals surface area (Å²) >= 11 is 0. The van der Waals surface area contributed by atoms with Crippen LogP contribution in [0.3, 0.4) is 0 Å². The Kier molecular flexibility index (Phi) is 6.30. The maximum absolute atomic E-state index is 12.9. The third-order valence-corrected chi connectivity index (χ3v) is 5.99. The van der Waals surface area contributed by atoms with Crippen molar-refractivity contribution in [1.29, 1.82) is 0 Å². The number of nitrogens with one attached hydrogen (secondary N) is 1. The Morgan fingerprint density at radius 3 is 2.62 bits per heavy atom. The van der Waals surface area contributed by atoms with Gasteiger partial charge in [0.15, 0.2) is 0 Å². The van der Waals surface area contributed by atoms with E-state index in [9.17, 15) is 4.79 Å². The highest BCUT2D eigenvalue weighted by atomic mass is 16.2. The second-order valence-electron chi connectivity index (χ2n) is 8.18. The molecule has 2 heterocycles. The van der Waals surface area contributed by atoms with Crippen molar-refractivity contribution in [3.63, 3.8) is 0 Å². The van der Waals surface area contributed by atoms with Crippen LogP contribution in [0.2, 0.25) is 0 Å². The zero-order chi connectivity index (χ0) is 20.1. The lowest BCUT2D eigenvalue weighted by Crippen LogP contribution is -2.32. The number of carbonyl (C=O) groups excluding carboxylic acids is 1. The van der Waals surface area contributed by atoms with E-state index in [4.69, 9.17) is 0 Å². The lowest BCUT2D eigenvalue weighted by atomic mass is 10.0. The monoisotopic (exact) mass is 389 g/mol. The molecule has 152 valence electrons. The van der Waals surface area contributed by atoms with Gasteiger partial charge < -0.3 is 15.1 Å². The molecule has 2 aliphatic heterocycles. The number of benzene rings is 2. The van der Waals surface area contributed by atoms with Crippen molar-refractivity contribution in [2.24, 2.45) is 0 Å². The Hall–Kier alpha value is -2.59. The molecule has 2 aromatic carbocycles. The van der Waals surface area contributed by atoms with Gasteiger partial charge in [-0.05, 0) is 61.7 Å². The largest absolute Gasteiger partial charge is 0.385 e. The smallest absolute Gasteiger partial charge is 0.254 e. The number of hydrogen-bond acceptors (Lipinski definition) is 3. The van der Waals surface area contributed by atoms with Crippen molar-refractivity contribution in [3.8, 4) is 0 Å². The third-order valence-electron chi connectivity index (χ3n) is 5.99. The van der Waals surface area contributed by atoms with Crippen LogP contribution in [0, 0.1) is 0 Å². The summed E-state index contributed by atoms with van der Waals surface area (Å²) in [5, 5.41) is 3.45. The van der Waals surface area contributed by atoms with Gasteiger partial charge in [-0.1, -0.05) is 55.5 Å². The Labute approximate surface area is 174 Å². The summed E-state index contributed by atoms with van der Waals surface area (Å²) < 4.78 is 0. The lowest BCUT2D eigenvalue weighted by molar-refractivity contribution is 0.0766. The van der Waals surface area contributed by atoms with Gasteiger partial charge in [0.05, 0.1) is 0 Å². The van der Waals surface area contributed by atoms with E-state index in [-0.39, 0.29) is 5.91 Å². The summed E-state index contributed by atoms with van der Waals surface area (Å²) in [7, 11) is 0. The van der Waals surface area contributed by atoms with Crippen LogP contribution >= 0.6 is 0 Å². The average molecular weight is 390 g/mol. The fourth-order valence-corrected chi connectivity index (χ4v) is 4.31. The van der Waals surface area contributed by atoms with E-state index in [1.165, 1.54) is 32.4 Å². The minimum Gasteiger partial charge on any atom is -0.385 e. The summed E-state index contributed by atoms with van der Waals surface area (Å²) in [5.74, 6) is 0.114. The van der Waals surface area contributed by atoms with Crippen LogP contribution in [0.25, 0.3) is 5.70 Å². The van der Waals surface area contributed by atoms with Gasteiger partial charge in [0.25, 0.3) is 5.91 Å². The van der Waals surface area contributed by atoms with E-state index in [1.54, 1.807) is 0 Å². The topological polar surface area (TPSA) is 35.6 Å². The van der Waals surface area contributed by atoms with Crippen molar-refractivity contribution in [3.05, 3.63) is 77.4 Å². The van der Waals surface area contributed by atoms with Crippen LogP contribution < -0.4 is 5.32 Å². The number of carbonyl (C=O) groups is 1. The first-order chi connectivity index (χ1) is 14.2. The Bertz CT molecular complexity index is 856. The SMILES string of the molecule is C=C(NCCCN1CCCCC1)c1ccc2c(c1)C(=O)N(Cc1ccccc1)C2. The molecular formula is C25H31N3O. The molecule has 2 aliphatic rings. The maximum atomic E-state index is 12.9. The molecule has 4 nitrogen and oxygen atoms in total. The van der Waals surface area contributed by atoms with Crippen molar-refractivity contribution in [1.82, 2.24) is 15.1 Å². The molecule has 0 unspecified atom stereocenters. The van der Waals surface area contributed by atoms with Gasteiger partial charge >= 0.3 is 0 Å². The molecule has 0 radical (unpaired) electrons. The molecule has 1 N–H and O–H groups in total. The standard InChI is InChI=1S/C25H31N3O/c1-20(26-13-8-16-27-14-6-3-7-15-27)22-11-12-23-19-28(25(29)24(23)17-22)18-21-9-4-2-5-10-21/h2,4-5,9-12,17,26H,1,3,6-8,13-16,18-19H2. The zero-order valence-electron chi connectivity index (χ0n) is 17.2. The Morgan fingerprint density at radius 2 is 1.83 bits per heavy atom. The fraction of sp³-hybridized carbons (Fsp3) is 0.400. The highest BCUT2D eigenvalue weighted by Gasteiger charge is 2.27. The van der Waals surface area contributed by atoms with Crippen molar-refractivity contribution in [2.45, 2.75) is 38.8 Å². The maximum Gasteiger partial charge on any atom is 0.254 e. The summed E-state index contributed by atoms with van der Waals surface area (Å²) in [6.07, 6.45) is 5.17. The van der Waals surface area contributed by atoms with E-state index >= 15 is 0 Å². The highest BCUT2D eigenvalue weighted by molar-refractivity contribution is 5.99.